The maximum Gasteiger partial charge on any atom is 0.261 e. The van der Waals surface area contributed by atoms with Crippen LogP contribution in [0.1, 0.15) is 51.4 Å². The molecule has 2 aliphatic heterocycles. The number of carbonyl (C=O) groups excluding carboxylic acids is 3. The van der Waals surface area contributed by atoms with Crippen molar-refractivity contribution in [2.75, 3.05) is 19.6 Å². The van der Waals surface area contributed by atoms with Crippen LogP contribution in [-0.2, 0) is 4.79 Å². The number of pyridine rings is 1. The molecule has 4 rings (SSSR count). The first-order valence-corrected chi connectivity index (χ1v) is 9.89. The SMILES string of the molecule is Cc1cccc(C=C2CCN(C(=O)CCN3C(=O)c4ccccc4C3=O)CC2)n1. The number of aryl methyl sites for hydroxylation is 1. The number of carbonyl (C=O) groups is 3. The third kappa shape index (κ3) is 3.97. The van der Waals surface area contributed by atoms with Gasteiger partial charge in [0.1, 0.15) is 0 Å². The number of hydrogen-bond donors (Lipinski definition) is 0. The molecule has 0 spiro atoms. The van der Waals surface area contributed by atoms with Crippen molar-refractivity contribution in [2.45, 2.75) is 26.2 Å². The molecule has 6 nitrogen and oxygen atoms in total. The predicted molar refractivity (Wildman–Crippen MR) is 109 cm³/mol. The molecular weight excluding hydrogens is 366 g/mol. The van der Waals surface area contributed by atoms with Gasteiger partial charge in [-0.3, -0.25) is 24.3 Å². The summed E-state index contributed by atoms with van der Waals surface area (Å²) >= 11 is 0. The lowest BCUT2D eigenvalue weighted by atomic mass is 10.0. The number of rotatable bonds is 4. The van der Waals surface area contributed by atoms with Crippen molar-refractivity contribution in [3.05, 3.63) is 70.6 Å². The van der Waals surface area contributed by atoms with Gasteiger partial charge in [0.2, 0.25) is 5.91 Å². The highest BCUT2D eigenvalue weighted by atomic mass is 16.2. The van der Waals surface area contributed by atoms with Gasteiger partial charge in [0.05, 0.1) is 16.8 Å². The summed E-state index contributed by atoms with van der Waals surface area (Å²) in [6.07, 6.45) is 3.89. The number of amides is 3. The molecule has 1 aromatic heterocycles. The highest BCUT2D eigenvalue weighted by molar-refractivity contribution is 6.21. The smallest absolute Gasteiger partial charge is 0.261 e. The van der Waals surface area contributed by atoms with E-state index < -0.39 is 0 Å². The van der Waals surface area contributed by atoms with Gasteiger partial charge in [-0.2, -0.15) is 0 Å². The van der Waals surface area contributed by atoms with E-state index in [0.717, 1.165) is 24.2 Å². The van der Waals surface area contributed by atoms with Crippen molar-refractivity contribution in [1.29, 1.82) is 0 Å². The van der Waals surface area contributed by atoms with Crippen molar-refractivity contribution in [1.82, 2.24) is 14.8 Å². The summed E-state index contributed by atoms with van der Waals surface area (Å²) < 4.78 is 0. The van der Waals surface area contributed by atoms with Crippen LogP contribution in [-0.4, -0.2) is 52.1 Å². The van der Waals surface area contributed by atoms with Crippen LogP contribution in [0.25, 0.3) is 6.08 Å². The largest absolute Gasteiger partial charge is 0.342 e. The number of imide groups is 1. The molecule has 2 aliphatic rings. The van der Waals surface area contributed by atoms with Crippen LogP contribution in [0.4, 0.5) is 0 Å². The first-order valence-electron chi connectivity index (χ1n) is 9.89. The van der Waals surface area contributed by atoms with Gasteiger partial charge in [0, 0.05) is 31.7 Å². The van der Waals surface area contributed by atoms with E-state index in [-0.39, 0.29) is 30.7 Å². The Morgan fingerprint density at radius 3 is 2.28 bits per heavy atom. The maximum absolute atomic E-state index is 12.6. The van der Waals surface area contributed by atoms with Crippen LogP contribution in [0.2, 0.25) is 0 Å². The average Bonchev–Trinajstić information content (AvgIpc) is 2.97. The summed E-state index contributed by atoms with van der Waals surface area (Å²) in [5.41, 5.74) is 4.06. The van der Waals surface area contributed by atoms with E-state index in [4.69, 9.17) is 0 Å². The lowest BCUT2D eigenvalue weighted by Gasteiger charge is -2.29. The zero-order valence-corrected chi connectivity index (χ0v) is 16.4. The molecule has 29 heavy (non-hydrogen) atoms. The first kappa shape index (κ1) is 19.1. The monoisotopic (exact) mass is 389 g/mol. The van der Waals surface area contributed by atoms with Crippen molar-refractivity contribution in [2.24, 2.45) is 0 Å². The molecule has 6 heteroatoms. The number of likely N-dealkylation sites (tertiary alicyclic amines) is 1. The molecule has 0 aliphatic carbocycles. The second-order valence-corrected chi connectivity index (χ2v) is 7.44. The molecule has 0 bridgehead atoms. The molecule has 148 valence electrons. The maximum atomic E-state index is 12.6. The zero-order valence-electron chi connectivity index (χ0n) is 16.4. The fraction of sp³-hybridized carbons (Fsp3) is 0.304. The summed E-state index contributed by atoms with van der Waals surface area (Å²) in [7, 11) is 0. The molecule has 3 amide bonds. The Morgan fingerprint density at radius 2 is 1.66 bits per heavy atom. The minimum Gasteiger partial charge on any atom is -0.342 e. The molecule has 0 saturated carbocycles. The van der Waals surface area contributed by atoms with Gasteiger partial charge in [0.25, 0.3) is 11.8 Å². The van der Waals surface area contributed by atoms with Crippen molar-refractivity contribution in [3.8, 4) is 0 Å². The van der Waals surface area contributed by atoms with E-state index in [2.05, 4.69) is 11.1 Å². The third-order valence-electron chi connectivity index (χ3n) is 5.45. The first-order chi connectivity index (χ1) is 14.0. The number of piperidine rings is 1. The standard InChI is InChI=1S/C23H23N3O3/c1-16-5-4-6-18(24-16)15-17-9-12-25(13-10-17)21(27)11-14-26-22(28)19-7-2-3-8-20(19)23(26)29/h2-8,15H,9-14H2,1H3. The predicted octanol–water partition coefficient (Wildman–Crippen LogP) is 3.08. The zero-order chi connectivity index (χ0) is 20.4. The number of benzene rings is 1. The summed E-state index contributed by atoms with van der Waals surface area (Å²) in [5.74, 6) is -0.643. The van der Waals surface area contributed by atoms with E-state index in [1.807, 2.05) is 30.0 Å². The highest BCUT2D eigenvalue weighted by Gasteiger charge is 2.35. The summed E-state index contributed by atoms with van der Waals surface area (Å²) in [6.45, 7) is 3.40. The lowest BCUT2D eigenvalue weighted by Crippen LogP contribution is -2.39. The fourth-order valence-electron chi connectivity index (χ4n) is 3.85. The number of nitrogens with zero attached hydrogens (tertiary/aromatic N) is 3. The minimum atomic E-state index is -0.312. The van der Waals surface area contributed by atoms with Gasteiger partial charge < -0.3 is 4.90 Å². The van der Waals surface area contributed by atoms with Gasteiger partial charge in [-0.1, -0.05) is 23.8 Å². The Bertz CT molecular complexity index is 967. The Kier molecular flexibility index (Phi) is 5.25. The lowest BCUT2D eigenvalue weighted by molar-refractivity contribution is -0.131. The van der Waals surface area contributed by atoms with E-state index >= 15 is 0 Å². The number of aromatic nitrogens is 1. The van der Waals surface area contributed by atoms with E-state index in [9.17, 15) is 14.4 Å². The summed E-state index contributed by atoms with van der Waals surface area (Å²) in [5, 5.41) is 0. The van der Waals surface area contributed by atoms with Gasteiger partial charge >= 0.3 is 0 Å². The molecule has 0 radical (unpaired) electrons. The third-order valence-corrected chi connectivity index (χ3v) is 5.45. The van der Waals surface area contributed by atoms with Crippen LogP contribution >= 0.6 is 0 Å². The second-order valence-electron chi connectivity index (χ2n) is 7.44. The quantitative estimate of drug-likeness (QED) is 0.754. The van der Waals surface area contributed by atoms with Crippen molar-refractivity contribution >= 4 is 23.8 Å². The normalized spacial score (nSPS) is 16.2. The Balaban J connectivity index is 1.31. The molecule has 0 unspecified atom stereocenters. The topological polar surface area (TPSA) is 70.6 Å². The summed E-state index contributed by atoms with van der Waals surface area (Å²) in [4.78, 5) is 44.9. The van der Waals surface area contributed by atoms with E-state index in [1.165, 1.54) is 10.5 Å². The van der Waals surface area contributed by atoms with Crippen LogP contribution in [0.5, 0.6) is 0 Å². The Labute approximate surface area is 169 Å². The molecule has 0 atom stereocenters. The molecule has 0 N–H and O–H groups in total. The van der Waals surface area contributed by atoms with Gasteiger partial charge in [0.15, 0.2) is 0 Å². The van der Waals surface area contributed by atoms with Gasteiger partial charge in [-0.05, 0) is 50.1 Å². The van der Waals surface area contributed by atoms with Crippen molar-refractivity contribution in [3.63, 3.8) is 0 Å². The molecule has 3 heterocycles. The van der Waals surface area contributed by atoms with Crippen LogP contribution in [0, 0.1) is 6.92 Å². The van der Waals surface area contributed by atoms with E-state index in [0.29, 0.717) is 24.2 Å². The van der Waals surface area contributed by atoms with Crippen molar-refractivity contribution < 1.29 is 14.4 Å². The fourth-order valence-corrected chi connectivity index (χ4v) is 3.85. The molecular formula is C23H23N3O3. The molecule has 1 saturated heterocycles. The second kappa shape index (κ2) is 7.99. The number of fused-ring (bicyclic) bond motifs is 1. The minimum absolute atomic E-state index is 0.0192. The van der Waals surface area contributed by atoms with Gasteiger partial charge in [-0.15, -0.1) is 0 Å². The molecule has 2 aromatic rings. The molecule has 1 fully saturated rings. The Hall–Kier alpha value is -3.28. The van der Waals surface area contributed by atoms with Gasteiger partial charge in [-0.25, -0.2) is 0 Å². The van der Waals surface area contributed by atoms with Crippen LogP contribution < -0.4 is 0 Å². The highest BCUT2D eigenvalue weighted by Crippen LogP contribution is 2.23. The number of hydrogen-bond acceptors (Lipinski definition) is 4. The molecule has 1 aromatic carbocycles. The Morgan fingerprint density at radius 1 is 1.00 bits per heavy atom. The summed E-state index contributed by atoms with van der Waals surface area (Å²) in [6, 6.07) is 12.7. The average molecular weight is 389 g/mol. The van der Waals surface area contributed by atoms with E-state index in [1.54, 1.807) is 24.3 Å². The van der Waals surface area contributed by atoms with Crippen LogP contribution in [0.15, 0.2) is 48.0 Å². The van der Waals surface area contributed by atoms with Crippen LogP contribution in [0.3, 0.4) is 0 Å².